The van der Waals surface area contributed by atoms with Crippen LogP contribution in [0.2, 0.25) is 18.1 Å². The van der Waals surface area contributed by atoms with E-state index in [-0.39, 0.29) is 41.4 Å². The van der Waals surface area contributed by atoms with Crippen LogP contribution in [0, 0.1) is 17.8 Å². The van der Waals surface area contributed by atoms with Crippen LogP contribution in [0.4, 0.5) is 0 Å². The highest BCUT2D eigenvalue weighted by Crippen LogP contribution is 2.59. The second-order valence-corrected chi connectivity index (χ2v) is 22.3. The number of hydrogen-bond acceptors (Lipinski definition) is 11. The minimum Gasteiger partial charge on any atom is -0.493 e. The van der Waals surface area contributed by atoms with Crippen molar-refractivity contribution in [2.75, 3.05) is 21.2 Å². The quantitative estimate of drug-likeness (QED) is 0.101. The molecule has 1 fully saturated rings. The van der Waals surface area contributed by atoms with Gasteiger partial charge in [0.25, 0.3) is 5.88 Å². The van der Waals surface area contributed by atoms with Gasteiger partial charge in [-0.1, -0.05) is 81.4 Å². The lowest BCUT2D eigenvalue weighted by Gasteiger charge is -2.56. The summed E-state index contributed by atoms with van der Waals surface area (Å²) in [5, 5.41) is 3.91. The second kappa shape index (κ2) is 15.2. The standard InChI is InChI=1S/C45H54N2O9Si/c1-26(2)54-39-30-21-29-22-31-37(47(6)7)40-36(43(46-55-40)53-25-28-19-15-12-16-20-28)42(50)45(31,56-57(9,10)44(3,4)5)41(49)34(29)38(48)35(30)32(23-33(39)51-8)52-24-27-17-13-11-14-18-27/h11-20,23,26,29,31,34,37H,21-22,24-25H2,1-10H3/t29-,31-,34?,37-,45-/m0/s1. The first-order valence-corrected chi connectivity index (χ1v) is 22.6. The van der Waals surface area contributed by atoms with Crippen LogP contribution in [-0.2, 0) is 28.9 Å². The molecule has 5 atom stereocenters. The third kappa shape index (κ3) is 6.99. The first-order chi connectivity index (χ1) is 27.0. The zero-order valence-corrected chi connectivity index (χ0v) is 35.6. The van der Waals surface area contributed by atoms with Crippen LogP contribution in [0.1, 0.15) is 90.2 Å². The van der Waals surface area contributed by atoms with Crippen molar-refractivity contribution in [3.63, 3.8) is 0 Å². The fraction of sp³-hybridized carbons (Fsp3) is 0.467. The molecule has 0 spiro atoms. The Balaban J connectivity index is 1.40. The van der Waals surface area contributed by atoms with Gasteiger partial charge in [0.05, 0.1) is 30.7 Å². The van der Waals surface area contributed by atoms with Gasteiger partial charge in [-0.15, -0.1) is 0 Å². The Morgan fingerprint density at radius 3 is 2.09 bits per heavy atom. The average Bonchev–Trinajstić information content (AvgIpc) is 3.58. The molecule has 1 heterocycles. The number of fused-ring (bicyclic) bond motifs is 4. The molecule has 302 valence electrons. The smallest absolute Gasteiger partial charge is 0.265 e. The number of rotatable bonds is 12. The van der Waals surface area contributed by atoms with Gasteiger partial charge in [0, 0.05) is 17.5 Å². The van der Waals surface area contributed by atoms with Crippen LogP contribution in [0.25, 0.3) is 0 Å². The fourth-order valence-corrected chi connectivity index (χ4v) is 10.0. The zero-order chi connectivity index (χ0) is 41.0. The Hall–Kier alpha value is -4.78. The molecule has 57 heavy (non-hydrogen) atoms. The van der Waals surface area contributed by atoms with Crippen LogP contribution < -0.4 is 18.9 Å². The molecule has 3 aliphatic carbocycles. The number of Topliss-reactive ketones (excluding diaryl/α,β-unsaturated/α-hetero) is 3. The lowest BCUT2D eigenvalue weighted by molar-refractivity contribution is -0.151. The van der Waals surface area contributed by atoms with Gasteiger partial charge in [-0.25, -0.2) is 0 Å². The molecule has 11 nitrogen and oxygen atoms in total. The van der Waals surface area contributed by atoms with Gasteiger partial charge in [0.2, 0.25) is 5.78 Å². The number of carbonyl (C=O) groups excluding carboxylic acids is 3. The minimum atomic E-state index is -2.92. The van der Waals surface area contributed by atoms with Crippen LogP contribution in [-0.4, -0.2) is 68.6 Å². The Kier molecular flexibility index (Phi) is 10.8. The summed E-state index contributed by atoms with van der Waals surface area (Å²) in [6, 6.07) is 20.3. The third-order valence-electron chi connectivity index (χ3n) is 12.2. The highest BCUT2D eigenvalue weighted by atomic mass is 28.4. The molecular formula is C45H54N2O9Si. The molecule has 0 aliphatic heterocycles. The third-order valence-corrected chi connectivity index (χ3v) is 16.7. The zero-order valence-electron chi connectivity index (χ0n) is 34.6. The van der Waals surface area contributed by atoms with Gasteiger partial charge >= 0.3 is 0 Å². The predicted molar refractivity (Wildman–Crippen MR) is 217 cm³/mol. The highest BCUT2D eigenvalue weighted by Gasteiger charge is 2.70. The van der Waals surface area contributed by atoms with E-state index >= 15 is 14.4 Å². The summed E-state index contributed by atoms with van der Waals surface area (Å²) in [5.74, 6) is -2.45. The minimum absolute atomic E-state index is 0.00299. The molecule has 1 aromatic heterocycles. The number of carbonyl (C=O) groups is 3. The Morgan fingerprint density at radius 1 is 0.912 bits per heavy atom. The second-order valence-electron chi connectivity index (χ2n) is 17.5. The molecule has 7 rings (SSSR count). The van der Waals surface area contributed by atoms with E-state index in [1.165, 1.54) is 0 Å². The van der Waals surface area contributed by atoms with Gasteiger partial charge in [-0.3, -0.25) is 19.3 Å². The van der Waals surface area contributed by atoms with E-state index < -0.39 is 55.1 Å². The van der Waals surface area contributed by atoms with Crippen molar-refractivity contribution in [1.82, 2.24) is 10.1 Å². The van der Waals surface area contributed by atoms with Crippen LogP contribution in [0.5, 0.6) is 23.1 Å². The summed E-state index contributed by atoms with van der Waals surface area (Å²) in [4.78, 5) is 48.7. The maximum atomic E-state index is 15.9. The first kappa shape index (κ1) is 40.4. The molecule has 4 aromatic rings. The average molecular weight is 795 g/mol. The molecule has 3 aliphatic rings. The van der Waals surface area contributed by atoms with Gasteiger partial charge in [-0.2, -0.15) is 0 Å². The Bertz CT molecular complexity index is 2160. The van der Waals surface area contributed by atoms with Crippen LogP contribution >= 0.6 is 0 Å². The van der Waals surface area contributed by atoms with Gasteiger partial charge in [0.1, 0.15) is 24.5 Å². The molecule has 3 aromatic carbocycles. The van der Waals surface area contributed by atoms with E-state index in [2.05, 4.69) is 25.9 Å². The van der Waals surface area contributed by atoms with Crippen molar-refractivity contribution in [1.29, 1.82) is 0 Å². The van der Waals surface area contributed by atoms with Gasteiger partial charge in [0.15, 0.2) is 42.7 Å². The van der Waals surface area contributed by atoms with Crippen molar-refractivity contribution in [3.05, 3.63) is 100 Å². The highest BCUT2D eigenvalue weighted by molar-refractivity contribution is 6.74. The van der Waals surface area contributed by atoms with Crippen molar-refractivity contribution in [2.24, 2.45) is 17.8 Å². The predicted octanol–water partition coefficient (Wildman–Crippen LogP) is 8.45. The number of methoxy groups -OCH3 is 1. The van der Waals surface area contributed by atoms with E-state index in [0.717, 1.165) is 11.1 Å². The number of hydrogen-bond donors (Lipinski definition) is 0. The number of ether oxygens (including phenoxy) is 4. The van der Waals surface area contributed by atoms with E-state index in [4.69, 9.17) is 27.9 Å². The molecule has 0 N–H and O–H groups in total. The number of nitrogens with zero attached hydrogens (tertiary/aromatic N) is 2. The lowest BCUT2D eigenvalue weighted by Crippen LogP contribution is -2.70. The molecule has 0 saturated heterocycles. The SMILES string of the molecule is COc1cc(OCc2ccccc2)c2c(c1OC(C)C)C[C@H]1C[C@H]3[C@H](N(C)C)c4onc(OCc5ccccc5)c4C(=O)[C@@]3(O[Si](C)(C)C(C)(C)C)C(=O)C1C2=O. The Morgan fingerprint density at radius 2 is 1.53 bits per heavy atom. The first-order valence-electron chi connectivity index (χ1n) is 19.7. The molecule has 0 bridgehead atoms. The largest absolute Gasteiger partial charge is 0.493 e. The molecule has 0 radical (unpaired) electrons. The molecule has 1 saturated carbocycles. The summed E-state index contributed by atoms with van der Waals surface area (Å²) >= 11 is 0. The monoisotopic (exact) mass is 794 g/mol. The summed E-state index contributed by atoms with van der Waals surface area (Å²) in [6.07, 6.45) is 0.389. The summed E-state index contributed by atoms with van der Waals surface area (Å²) in [6.45, 7) is 14.4. The molecule has 12 heteroatoms. The van der Waals surface area contributed by atoms with E-state index in [1.807, 2.05) is 107 Å². The van der Waals surface area contributed by atoms with Gasteiger partial charge in [-0.05, 0) is 81.1 Å². The maximum absolute atomic E-state index is 15.9. The van der Waals surface area contributed by atoms with Crippen molar-refractivity contribution in [3.8, 4) is 23.1 Å². The van der Waals surface area contributed by atoms with Crippen LogP contribution in [0.3, 0.4) is 0 Å². The number of aromatic nitrogens is 1. The fourth-order valence-electron chi connectivity index (χ4n) is 8.55. The van der Waals surface area contributed by atoms with Crippen molar-refractivity contribution in [2.45, 2.75) is 96.6 Å². The number of benzene rings is 3. The lowest BCUT2D eigenvalue weighted by atomic mass is 9.54. The van der Waals surface area contributed by atoms with Crippen LogP contribution in [0.15, 0.2) is 71.3 Å². The number of ketones is 3. The van der Waals surface area contributed by atoms with E-state index in [0.29, 0.717) is 41.4 Å². The van der Waals surface area contributed by atoms with Crippen molar-refractivity contribution < 1.29 is 42.3 Å². The molecule has 1 unspecified atom stereocenters. The summed E-state index contributed by atoms with van der Waals surface area (Å²) < 4.78 is 38.1. The molecule has 0 amide bonds. The van der Waals surface area contributed by atoms with E-state index in [9.17, 15) is 0 Å². The Labute approximate surface area is 336 Å². The summed E-state index contributed by atoms with van der Waals surface area (Å²) in [7, 11) is 2.42. The summed E-state index contributed by atoms with van der Waals surface area (Å²) in [5.41, 5.74) is 0.734. The normalized spacial score (nSPS) is 23.1. The van der Waals surface area contributed by atoms with E-state index in [1.54, 1.807) is 13.2 Å². The van der Waals surface area contributed by atoms with Gasteiger partial charge < -0.3 is 27.9 Å². The van der Waals surface area contributed by atoms with Crippen molar-refractivity contribution >= 4 is 25.7 Å². The maximum Gasteiger partial charge on any atom is 0.265 e. The molecular weight excluding hydrogens is 741 g/mol. The topological polar surface area (TPSA) is 127 Å².